The predicted octanol–water partition coefficient (Wildman–Crippen LogP) is 2.63. The molecule has 0 atom stereocenters. The Balaban J connectivity index is 1.81. The average molecular weight is 361 g/mol. The number of hydrogen-bond acceptors (Lipinski definition) is 4. The van der Waals surface area contributed by atoms with Crippen molar-refractivity contribution < 1.29 is 19.1 Å². The van der Waals surface area contributed by atoms with Gasteiger partial charge in [0.25, 0.3) is 5.91 Å². The van der Waals surface area contributed by atoms with Gasteiger partial charge in [0, 0.05) is 12.6 Å². The molecule has 0 saturated heterocycles. The first-order valence-corrected chi connectivity index (χ1v) is 7.84. The Morgan fingerprint density at radius 3 is 2.48 bits per heavy atom. The molecule has 25 heavy (non-hydrogen) atoms. The van der Waals surface area contributed by atoms with Gasteiger partial charge in [-0.05, 0) is 36.4 Å². The van der Waals surface area contributed by atoms with Crippen LogP contribution in [0.1, 0.15) is 10.4 Å². The van der Waals surface area contributed by atoms with Gasteiger partial charge in [-0.25, -0.2) is 0 Å². The standard InChI is InChI=1S/C18H17ClN2O4/c1-21(10-17(23)20-16-5-3-2-4-15(16)19)18(24)12-25-14-8-6-13(11-22)7-9-14/h2-9,11H,10,12H2,1H3,(H,20,23). The zero-order chi connectivity index (χ0) is 18.2. The quantitative estimate of drug-likeness (QED) is 0.770. The largest absolute Gasteiger partial charge is 0.484 e. The van der Waals surface area contributed by atoms with Crippen molar-refractivity contribution in [3.63, 3.8) is 0 Å². The first-order chi connectivity index (χ1) is 12.0. The van der Waals surface area contributed by atoms with Gasteiger partial charge in [0.2, 0.25) is 5.91 Å². The number of benzene rings is 2. The fraction of sp³-hybridized carbons (Fsp3) is 0.167. The lowest BCUT2D eigenvalue weighted by Crippen LogP contribution is -2.37. The normalized spacial score (nSPS) is 10.0. The van der Waals surface area contributed by atoms with Gasteiger partial charge >= 0.3 is 0 Å². The Labute approximate surface area is 150 Å². The number of amides is 2. The van der Waals surface area contributed by atoms with Crippen molar-refractivity contribution in [3.05, 3.63) is 59.1 Å². The molecule has 0 aliphatic carbocycles. The van der Waals surface area contributed by atoms with Crippen LogP contribution in [0, 0.1) is 0 Å². The van der Waals surface area contributed by atoms with Gasteiger partial charge in [-0.15, -0.1) is 0 Å². The molecule has 0 bridgehead atoms. The summed E-state index contributed by atoms with van der Waals surface area (Å²) in [4.78, 5) is 35.9. The maximum atomic E-state index is 12.0. The minimum absolute atomic E-state index is 0.127. The minimum atomic E-state index is -0.362. The number of nitrogens with one attached hydrogen (secondary N) is 1. The maximum Gasteiger partial charge on any atom is 0.260 e. The van der Waals surface area contributed by atoms with Crippen LogP contribution in [0.2, 0.25) is 5.02 Å². The highest BCUT2D eigenvalue weighted by molar-refractivity contribution is 6.33. The summed E-state index contributed by atoms with van der Waals surface area (Å²) in [6.45, 7) is -0.339. The van der Waals surface area contributed by atoms with Crippen LogP contribution in [0.4, 0.5) is 5.69 Å². The number of rotatable bonds is 7. The number of anilines is 1. The zero-order valence-electron chi connectivity index (χ0n) is 13.6. The van der Waals surface area contributed by atoms with Crippen LogP contribution in [0.3, 0.4) is 0 Å². The third-order valence-corrected chi connectivity index (χ3v) is 3.66. The number of aldehydes is 1. The van der Waals surface area contributed by atoms with Gasteiger partial charge in [-0.3, -0.25) is 14.4 Å². The number of nitrogens with zero attached hydrogens (tertiary/aromatic N) is 1. The molecular weight excluding hydrogens is 344 g/mol. The Bertz CT molecular complexity index is 762. The van der Waals surface area contributed by atoms with Gasteiger partial charge in [-0.1, -0.05) is 23.7 Å². The van der Waals surface area contributed by atoms with E-state index >= 15 is 0 Å². The lowest BCUT2D eigenvalue weighted by molar-refractivity contribution is -0.135. The van der Waals surface area contributed by atoms with Crippen LogP contribution in [0.25, 0.3) is 0 Å². The number of ether oxygens (including phenoxy) is 1. The Kier molecular flexibility index (Phi) is 6.54. The van der Waals surface area contributed by atoms with Gasteiger partial charge in [0.15, 0.2) is 6.61 Å². The van der Waals surface area contributed by atoms with E-state index in [-0.39, 0.29) is 25.0 Å². The van der Waals surface area contributed by atoms with E-state index in [9.17, 15) is 14.4 Å². The molecule has 0 aromatic heterocycles. The molecule has 0 heterocycles. The molecule has 7 heteroatoms. The third kappa shape index (κ3) is 5.61. The van der Waals surface area contributed by atoms with Gasteiger partial charge in [0.05, 0.1) is 17.3 Å². The minimum Gasteiger partial charge on any atom is -0.484 e. The van der Waals surface area contributed by atoms with Crippen LogP contribution in [0.5, 0.6) is 5.75 Å². The number of likely N-dealkylation sites (N-methyl/N-ethyl adjacent to an activating group) is 1. The van der Waals surface area contributed by atoms with Gasteiger partial charge < -0.3 is 15.0 Å². The Morgan fingerprint density at radius 2 is 1.84 bits per heavy atom. The van der Waals surface area contributed by atoms with Crippen molar-refractivity contribution in [2.24, 2.45) is 0 Å². The van der Waals surface area contributed by atoms with Crippen molar-refractivity contribution >= 4 is 35.4 Å². The van der Waals surface area contributed by atoms with Gasteiger partial charge in [0.1, 0.15) is 12.0 Å². The summed E-state index contributed by atoms with van der Waals surface area (Å²) in [7, 11) is 1.51. The predicted molar refractivity (Wildman–Crippen MR) is 95.0 cm³/mol. The van der Waals surface area contributed by atoms with E-state index < -0.39 is 0 Å². The fourth-order valence-electron chi connectivity index (χ4n) is 1.95. The van der Waals surface area contributed by atoms with Crippen LogP contribution < -0.4 is 10.1 Å². The molecule has 0 aliphatic rings. The van der Waals surface area contributed by atoms with E-state index in [0.29, 0.717) is 22.0 Å². The maximum absolute atomic E-state index is 12.0. The molecule has 6 nitrogen and oxygen atoms in total. The average Bonchev–Trinajstić information content (AvgIpc) is 2.62. The van der Waals surface area contributed by atoms with E-state index in [4.69, 9.17) is 16.3 Å². The van der Waals surface area contributed by atoms with Crippen molar-refractivity contribution in [2.45, 2.75) is 0 Å². The van der Waals surface area contributed by atoms with E-state index in [0.717, 1.165) is 6.29 Å². The van der Waals surface area contributed by atoms with Crippen molar-refractivity contribution in [1.82, 2.24) is 4.90 Å². The highest BCUT2D eigenvalue weighted by atomic mass is 35.5. The van der Waals surface area contributed by atoms with Crippen LogP contribution >= 0.6 is 11.6 Å². The summed E-state index contributed by atoms with van der Waals surface area (Å²) in [5.74, 6) is -0.249. The number of para-hydroxylation sites is 1. The lowest BCUT2D eigenvalue weighted by atomic mass is 10.2. The molecular formula is C18H17ClN2O4. The summed E-state index contributed by atoms with van der Waals surface area (Å²) in [5, 5.41) is 3.07. The number of carbonyl (C=O) groups is 3. The lowest BCUT2D eigenvalue weighted by Gasteiger charge is -2.17. The monoisotopic (exact) mass is 360 g/mol. The molecule has 0 radical (unpaired) electrons. The van der Waals surface area contributed by atoms with Crippen molar-refractivity contribution in [3.8, 4) is 5.75 Å². The molecule has 0 saturated carbocycles. The van der Waals surface area contributed by atoms with Crippen LogP contribution in [-0.4, -0.2) is 43.2 Å². The Morgan fingerprint density at radius 1 is 1.16 bits per heavy atom. The fourth-order valence-corrected chi connectivity index (χ4v) is 2.14. The molecule has 1 N–H and O–H groups in total. The zero-order valence-corrected chi connectivity index (χ0v) is 14.3. The van der Waals surface area contributed by atoms with E-state index in [1.165, 1.54) is 11.9 Å². The molecule has 0 fully saturated rings. The molecule has 2 aromatic rings. The highest BCUT2D eigenvalue weighted by Gasteiger charge is 2.14. The number of halogens is 1. The second-order valence-electron chi connectivity index (χ2n) is 5.25. The summed E-state index contributed by atoms with van der Waals surface area (Å²) in [6, 6.07) is 13.2. The van der Waals surface area contributed by atoms with Crippen molar-refractivity contribution in [1.29, 1.82) is 0 Å². The summed E-state index contributed by atoms with van der Waals surface area (Å²) < 4.78 is 5.35. The second-order valence-corrected chi connectivity index (χ2v) is 5.66. The SMILES string of the molecule is CN(CC(=O)Nc1ccccc1Cl)C(=O)COc1ccc(C=O)cc1. The first-order valence-electron chi connectivity index (χ1n) is 7.46. The molecule has 2 aromatic carbocycles. The smallest absolute Gasteiger partial charge is 0.260 e. The van der Waals surface area contributed by atoms with E-state index in [1.54, 1.807) is 48.5 Å². The molecule has 130 valence electrons. The van der Waals surface area contributed by atoms with Gasteiger partial charge in [-0.2, -0.15) is 0 Å². The van der Waals surface area contributed by atoms with E-state index in [1.807, 2.05) is 0 Å². The molecule has 0 unspecified atom stereocenters. The number of carbonyl (C=O) groups excluding carboxylic acids is 3. The summed E-state index contributed by atoms with van der Waals surface area (Å²) in [5.41, 5.74) is 1.01. The molecule has 2 rings (SSSR count). The van der Waals surface area contributed by atoms with E-state index in [2.05, 4.69) is 5.32 Å². The second kappa shape index (κ2) is 8.84. The third-order valence-electron chi connectivity index (χ3n) is 3.33. The van der Waals surface area contributed by atoms with Crippen LogP contribution in [0.15, 0.2) is 48.5 Å². The Hall–Kier alpha value is -2.86. The highest BCUT2D eigenvalue weighted by Crippen LogP contribution is 2.20. The number of hydrogen-bond donors (Lipinski definition) is 1. The topological polar surface area (TPSA) is 75.7 Å². The summed E-state index contributed by atoms with van der Waals surface area (Å²) in [6.07, 6.45) is 0.723. The molecule has 0 spiro atoms. The van der Waals surface area contributed by atoms with Crippen molar-refractivity contribution in [2.75, 3.05) is 25.5 Å². The summed E-state index contributed by atoms with van der Waals surface area (Å²) >= 11 is 5.97. The molecule has 0 aliphatic heterocycles. The first kappa shape index (κ1) is 18.5. The molecule has 2 amide bonds. The van der Waals surface area contributed by atoms with Crippen LogP contribution in [-0.2, 0) is 9.59 Å².